The third kappa shape index (κ3) is 1.99. The van der Waals surface area contributed by atoms with Crippen LogP contribution >= 0.6 is 0 Å². The van der Waals surface area contributed by atoms with Gasteiger partial charge in [-0.3, -0.25) is 9.79 Å². The highest BCUT2D eigenvalue weighted by atomic mass is 16.5. The highest BCUT2D eigenvalue weighted by Gasteiger charge is 2.32. The first-order chi connectivity index (χ1) is 10.8. The largest absolute Gasteiger partial charge is 0.497 e. The van der Waals surface area contributed by atoms with Crippen LogP contribution in [0.1, 0.15) is 21.5 Å². The fraction of sp³-hybridized carbons (Fsp3) is 0.222. The van der Waals surface area contributed by atoms with Crippen molar-refractivity contribution in [1.82, 2.24) is 4.90 Å². The van der Waals surface area contributed by atoms with Gasteiger partial charge in [-0.25, -0.2) is 0 Å². The van der Waals surface area contributed by atoms with E-state index in [1.165, 1.54) is 11.1 Å². The van der Waals surface area contributed by atoms with E-state index in [9.17, 15) is 4.79 Å². The smallest absolute Gasteiger partial charge is 0.257 e. The zero-order chi connectivity index (χ0) is 15.1. The number of aliphatic imine (C=N–C) groups is 1. The molecule has 2 aliphatic heterocycles. The van der Waals surface area contributed by atoms with Gasteiger partial charge >= 0.3 is 0 Å². The fourth-order valence-electron chi connectivity index (χ4n) is 3.15. The second-order valence-electron chi connectivity index (χ2n) is 5.63. The molecule has 110 valence electrons. The third-order valence-electron chi connectivity index (χ3n) is 4.37. The summed E-state index contributed by atoms with van der Waals surface area (Å²) in [6, 6.07) is 13.8. The average Bonchev–Trinajstić information content (AvgIpc) is 2.70. The zero-order valence-electron chi connectivity index (χ0n) is 12.3. The molecular weight excluding hydrogens is 276 g/mol. The fourth-order valence-corrected chi connectivity index (χ4v) is 3.15. The SMILES string of the molecule is COc1ccc2c(c1)C(=O)N1Cc3ccccc3CC1C=N2. The van der Waals surface area contributed by atoms with Crippen LogP contribution in [0.4, 0.5) is 5.69 Å². The van der Waals surface area contributed by atoms with Crippen LogP contribution in [0.25, 0.3) is 0 Å². The molecule has 0 saturated carbocycles. The molecule has 1 unspecified atom stereocenters. The zero-order valence-corrected chi connectivity index (χ0v) is 12.3. The van der Waals surface area contributed by atoms with Crippen LogP contribution in [-0.4, -0.2) is 30.2 Å². The summed E-state index contributed by atoms with van der Waals surface area (Å²) in [6.07, 6.45) is 2.71. The van der Waals surface area contributed by atoms with Gasteiger partial charge in [0.25, 0.3) is 5.91 Å². The summed E-state index contributed by atoms with van der Waals surface area (Å²) in [6.45, 7) is 0.627. The van der Waals surface area contributed by atoms with Gasteiger partial charge in [0.05, 0.1) is 24.4 Å². The Kier molecular flexibility index (Phi) is 2.96. The maximum atomic E-state index is 12.9. The predicted octanol–water partition coefficient (Wildman–Crippen LogP) is 2.98. The molecule has 2 heterocycles. The minimum atomic E-state index is 0.0146. The molecule has 0 fully saturated rings. The van der Waals surface area contributed by atoms with Gasteiger partial charge in [-0.1, -0.05) is 24.3 Å². The van der Waals surface area contributed by atoms with Crippen molar-refractivity contribution >= 4 is 17.8 Å². The summed E-state index contributed by atoms with van der Waals surface area (Å²) in [7, 11) is 1.60. The lowest BCUT2D eigenvalue weighted by Gasteiger charge is -2.34. The van der Waals surface area contributed by atoms with E-state index in [1.54, 1.807) is 13.2 Å². The quantitative estimate of drug-likeness (QED) is 0.811. The molecule has 4 rings (SSSR count). The van der Waals surface area contributed by atoms with E-state index < -0.39 is 0 Å². The minimum Gasteiger partial charge on any atom is -0.497 e. The highest BCUT2D eigenvalue weighted by Crippen LogP contribution is 2.32. The van der Waals surface area contributed by atoms with E-state index in [-0.39, 0.29) is 11.9 Å². The summed E-state index contributed by atoms with van der Waals surface area (Å²) in [4.78, 5) is 19.4. The Labute approximate surface area is 129 Å². The Balaban J connectivity index is 1.78. The first-order valence-corrected chi connectivity index (χ1v) is 7.36. The number of carbonyl (C=O) groups is 1. The Morgan fingerprint density at radius 1 is 1.18 bits per heavy atom. The third-order valence-corrected chi connectivity index (χ3v) is 4.37. The monoisotopic (exact) mass is 292 g/mol. The highest BCUT2D eigenvalue weighted by molar-refractivity contribution is 6.03. The van der Waals surface area contributed by atoms with Crippen LogP contribution in [0.2, 0.25) is 0 Å². The van der Waals surface area contributed by atoms with Crippen LogP contribution in [-0.2, 0) is 13.0 Å². The number of rotatable bonds is 1. The van der Waals surface area contributed by atoms with Crippen LogP contribution in [0.5, 0.6) is 5.75 Å². The Bertz CT molecular complexity index is 782. The van der Waals surface area contributed by atoms with Gasteiger partial charge in [0.15, 0.2) is 0 Å². The molecule has 0 radical (unpaired) electrons. The number of fused-ring (bicyclic) bond motifs is 3. The van der Waals surface area contributed by atoms with Crippen molar-refractivity contribution in [3.8, 4) is 5.75 Å². The van der Waals surface area contributed by atoms with Crippen molar-refractivity contribution in [2.75, 3.05) is 7.11 Å². The van der Waals surface area contributed by atoms with Gasteiger partial charge < -0.3 is 9.64 Å². The van der Waals surface area contributed by atoms with Crippen molar-refractivity contribution in [3.63, 3.8) is 0 Å². The van der Waals surface area contributed by atoms with Gasteiger partial charge in [-0.2, -0.15) is 0 Å². The molecule has 4 nitrogen and oxygen atoms in total. The van der Waals surface area contributed by atoms with Crippen LogP contribution in [0.15, 0.2) is 47.5 Å². The van der Waals surface area contributed by atoms with E-state index in [0.717, 1.165) is 6.42 Å². The molecule has 0 saturated heterocycles. The first kappa shape index (κ1) is 13.1. The van der Waals surface area contributed by atoms with E-state index >= 15 is 0 Å². The summed E-state index contributed by atoms with van der Waals surface area (Å²) in [5, 5.41) is 0. The Hall–Kier alpha value is -2.62. The topological polar surface area (TPSA) is 41.9 Å². The van der Waals surface area contributed by atoms with Crippen LogP contribution < -0.4 is 4.74 Å². The first-order valence-electron chi connectivity index (χ1n) is 7.36. The number of nitrogens with zero attached hydrogens (tertiary/aromatic N) is 2. The van der Waals surface area contributed by atoms with Gasteiger partial charge in [0, 0.05) is 12.8 Å². The molecule has 1 amide bonds. The van der Waals surface area contributed by atoms with E-state index in [2.05, 4.69) is 17.1 Å². The van der Waals surface area contributed by atoms with Crippen molar-refractivity contribution in [2.24, 2.45) is 4.99 Å². The molecule has 0 N–H and O–H groups in total. The van der Waals surface area contributed by atoms with Crippen molar-refractivity contribution in [1.29, 1.82) is 0 Å². The number of carbonyl (C=O) groups excluding carboxylic acids is 1. The standard InChI is InChI=1S/C18H16N2O2/c1-22-15-6-7-17-16(9-15)18(21)20-11-13-5-3-2-4-12(13)8-14(20)10-19-17/h2-7,9-10,14H,8,11H2,1H3. The van der Waals surface area contributed by atoms with Gasteiger partial charge in [-0.15, -0.1) is 0 Å². The number of amides is 1. The number of hydrogen-bond donors (Lipinski definition) is 0. The normalized spacial score (nSPS) is 19.0. The average molecular weight is 292 g/mol. The minimum absolute atomic E-state index is 0.0146. The summed E-state index contributed by atoms with van der Waals surface area (Å²) in [5.41, 5.74) is 3.83. The van der Waals surface area contributed by atoms with Gasteiger partial charge in [0.2, 0.25) is 0 Å². The number of ether oxygens (including phenoxy) is 1. The molecule has 0 spiro atoms. The molecule has 2 aromatic rings. The molecule has 2 aliphatic rings. The Morgan fingerprint density at radius 3 is 2.82 bits per heavy atom. The molecule has 0 aromatic heterocycles. The molecule has 22 heavy (non-hydrogen) atoms. The lowest BCUT2D eigenvalue weighted by atomic mass is 9.94. The van der Waals surface area contributed by atoms with Gasteiger partial charge in [-0.05, 0) is 35.7 Å². The maximum absolute atomic E-state index is 12.9. The lowest BCUT2D eigenvalue weighted by molar-refractivity contribution is 0.0703. The second kappa shape index (κ2) is 4.98. The van der Waals surface area contributed by atoms with E-state index in [4.69, 9.17) is 4.74 Å². The summed E-state index contributed by atoms with van der Waals surface area (Å²) in [5.74, 6) is 0.698. The van der Waals surface area contributed by atoms with Crippen molar-refractivity contribution in [3.05, 3.63) is 59.2 Å². The maximum Gasteiger partial charge on any atom is 0.257 e. The molecule has 1 atom stereocenters. The molecular formula is C18H16N2O2. The summed E-state index contributed by atoms with van der Waals surface area (Å²) >= 11 is 0. The number of hydrogen-bond acceptors (Lipinski definition) is 3. The van der Waals surface area contributed by atoms with Crippen molar-refractivity contribution < 1.29 is 9.53 Å². The Morgan fingerprint density at radius 2 is 2.00 bits per heavy atom. The lowest BCUT2D eigenvalue weighted by Crippen LogP contribution is -2.44. The molecule has 0 aliphatic carbocycles. The molecule has 4 heteroatoms. The molecule has 2 aromatic carbocycles. The number of benzene rings is 2. The van der Waals surface area contributed by atoms with Crippen LogP contribution in [0, 0.1) is 0 Å². The van der Waals surface area contributed by atoms with Crippen molar-refractivity contribution in [2.45, 2.75) is 19.0 Å². The van der Waals surface area contributed by atoms with E-state index in [0.29, 0.717) is 23.5 Å². The number of methoxy groups -OCH3 is 1. The van der Waals surface area contributed by atoms with Crippen LogP contribution in [0.3, 0.4) is 0 Å². The predicted molar refractivity (Wildman–Crippen MR) is 85.0 cm³/mol. The summed E-state index contributed by atoms with van der Waals surface area (Å²) < 4.78 is 5.24. The van der Waals surface area contributed by atoms with Gasteiger partial charge in [0.1, 0.15) is 5.75 Å². The molecule has 0 bridgehead atoms. The second-order valence-corrected chi connectivity index (χ2v) is 5.63. The van der Waals surface area contributed by atoms with E-state index in [1.807, 2.05) is 35.4 Å².